The summed E-state index contributed by atoms with van der Waals surface area (Å²) in [4.78, 5) is 2.34. The van der Waals surface area contributed by atoms with Crippen LogP contribution in [0.15, 0.2) is 0 Å². The van der Waals surface area contributed by atoms with Gasteiger partial charge in [0.25, 0.3) is 0 Å². The molecule has 1 rings (SSSR count). The molecule has 1 fully saturated rings. The molecule has 0 aromatic carbocycles. The number of nitrogens with zero attached hydrogens (tertiary/aromatic N) is 1. The molecule has 1 nitrogen and oxygen atoms in total. The average molecular weight is 200 g/mol. The van der Waals surface area contributed by atoms with E-state index in [0.717, 1.165) is 12.5 Å². The van der Waals surface area contributed by atoms with Crippen LogP contribution in [0.1, 0.15) is 12.8 Å². The maximum atomic E-state index is 3.80. The van der Waals surface area contributed by atoms with Crippen molar-refractivity contribution in [3.63, 3.8) is 0 Å². The number of hydrogen-bond donors (Lipinski definition) is 0. The van der Waals surface area contributed by atoms with E-state index in [1.165, 1.54) is 13.0 Å². The molecule has 9 heavy (non-hydrogen) atoms. The molecule has 1 radical (unpaired) electrons. The normalized spacial score (nSPS) is 26.7. The van der Waals surface area contributed by atoms with Crippen molar-refractivity contribution in [2.45, 2.75) is 18.9 Å². The number of rotatable bonds is 2. The van der Waals surface area contributed by atoms with E-state index in [9.17, 15) is 0 Å². The van der Waals surface area contributed by atoms with Crippen molar-refractivity contribution in [1.82, 2.24) is 4.90 Å². The third-order valence-electron chi connectivity index (χ3n) is 1.73. The molecule has 2 heteroatoms. The van der Waals surface area contributed by atoms with Gasteiger partial charge in [-0.25, -0.2) is 0 Å². The molecule has 1 saturated heterocycles. The minimum Gasteiger partial charge on any atom is -0.362 e. The first kappa shape index (κ1) is 10.1. The van der Waals surface area contributed by atoms with Gasteiger partial charge in [0.05, 0.1) is 0 Å². The van der Waals surface area contributed by atoms with Gasteiger partial charge in [0, 0.05) is 32.7 Å². The van der Waals surface area contributed by atoms with Crippen molar-refractivity contribution in [1.29, 1.82) is 0 Å². The molecule has 0 bridgehead atoms. The molecule has 1 atom stereocenters. The molecule has 0 spiro atoms. The monoisotopic (exact) mass is 200 g/mol. The van der Waals surface area contributed by atoms with E-state index in [1.54, 1.807) is 0 Å². The first-order chi connectivity index (χ1) is 3.84. The zero-order valence-electron chi connectivity index (χ0n) is 6.01. The minimum absolute atomic E-state index is 0. The Morgan fingerprint density at radius 3 is 2.56 bits per heavy atom. The largest absolute Gasteiger partial charge is 0.362 e. The maximum Gasteiger partial charge on any atom is 0 e. The Balaban J connectivity index is 0.000000640. The first-order valence-corrected chi connectivity index (χ1v) is 3.17. The van der Waals surface area contributed by atoms with E-state index in [4.69, 9.17) is 0 Å². The molecule has 0 aromatic rings. The van der Waals surface area contributed by atoms with Crippen molar-refractivity contribution < 1.29 is 32.7 Å². The second-order valence-corrected chi connectivity index (χ2v) is 2.38. The average Bonchev–Trinajstić information content (AvgIpc) is 1.79. The quantitative estimate of drug-likeness (QED) is 0.603. The summed E-state index contributed by atoms with van der Waals surface area (Å²) in [6.45, 7) is 4.97. The molecular formula is C7H13NY-2. The first-order valence-electron chi connectivity index (χ1n) is 3.17. The molecule has 51 valence electrons. The summed E-state index contributed by atoms with van der Waals surface area (Å²) in [6.07, 6.45) is 4.63. The van der Waals surface area contributed by atoms with Gasteiger partial charge in [-0.1, -0.05) is 6.42 Å². The number of hydrogen-bond acceptors (Lipinski definition) is 1. The van der Waals surface area contributed by atoms with Crippen LogP contribution in [0.25, 0.3) is 0 Å². The van der Waals surface area contributed by atoms with Crippen molar-refractivity contribution in [3.05, 3.63) is 13.3 Å². The van der Waals surface area contributed by atoms with Crippen LogP contribution in [-0.2, 0) is 32.7 Å². The SMILES string of the molecule is [CH2-]CCC1[CH-]CN1C.[Y]. The van der Waals surface area contributed by atoms with Gasteiger partial charge in [0.1, 0.15) is 0 Å². The van der Waals surface area contributed by atoms with Crippen molar-refractivity contribution in [2.75, 3.05) is 13.6 Å². The Labute approximate surface area is 83.1 Å². The summed E-state index contributed by atoms with van der Waals surface area (Å²) in [7, 11) is 2.15. The summed E-state index contributed by atoms with van der Waals surface area (Å²) in [6, 6.07) is 0.743. The van der Waals surface area contributed by atoms with Crippen LogP contribution in [-0.4, -0.2) is 24.5 Å². The fourth-order valence-corrected chi connectivity index (χ4v) is 1.01. The molecule has 0 aliphatic carbocycles. The predicted molar refractivity (Wildman–Crippen MR) is 35.3 cm³/mol. The van der Waals surface area contributed by atoms with Crippen LogP contribution in [0, 0.1) is 13.3 Å². The molecule has 1 aliphatic heterocycles. The topological polar surface area (TPSA) is 3.24 Å². The summed E-state index contributed by atoms with van der Waals surface area (Å²) >= 11 is 0. The van der Waals surface area contributed by atoms with Crippen LogP contribution in [0.2, 0.25) is 0 Å². The van der Waals surface area contributed by atoms with Gasteiger partial charge in [0.15, 0.2) is 0 Å². The van der Waals surface area contributed by atoms with Gasteiger partial charge in [-0.15, -0.1) is 12.6 Å². The van der Waals surface area contributed by atoms with E-state index in [2.05, 4.69) is 25.3 Å². The molecule has 0 saturated carbocycles. The Morgan fingerprint density at radius 2 is 2.44 bits per heavy atom. The van der Waals surface area contributed by atoms with Gasteiger partial charge in [-0.3, -0.25) is 6.42 Å². The van der Waals surface area contributed by atoms with Crippen LogP contribution in [0.5, 0.6) is 0 Å². The fraction of sp³-hybridized carbons (Fsp3) is 0.714. The third kappa shape index (κ3) is 2.65. The van der Waals surface area contributed by atoms with Crippen LogP contribution >= 0.6 is 0 Å². The molecule has 0 amide bonds. The van der Waals surface area contributed by atoms with E-state index in [-0.39, 0.29) is 32.7 Å². The second-order valence-electron chi connectivity index (χ2n) is 2.38. The summed E-state index contributed by atoms with van der Waals surface area (Å²) in [5, 5.41) is 0. The fourth-order valence-electron chi connectivity index (χ4n) is 1.01. The Kier molecular flexibility index (Phi) is 5.38. The summed E-state index contributed by atoms with van der Waals surface area (Å²) in [5.74, 6) is 0. The van der Waals surface area contributed by atoms with E-state index in [1.807, 2.05) is 0 Å². The van der Waals surface area contributed by atoms with Gasteiger partial charge in [-0.2, -0.15) is 6.42 Å². The maximum absolute atomic E-state index is 3.80. The van der Waals surface area contributed by atoms with Gasteiger partial charge in [-0.05, 0) is 7.05 Å². The molecule has 1 aliphatic rings. The standard InChI is InChI=1S/C7H13N.Y/c1-3-4-7-5-6-8(7)2;/h5,7H,1,3-4,6H2,2H3;/q-2;. The van der Waals surface area contributed by atoms with Crippen molar-refractivity contribution >= 4 is 0 Å². The van der Waals surface area contributed by atoms with Gasteiger partial charge < -0.3 is 11.8 Å². The smallest absolute Gasteiger partial charge is 0 e. The predicted octanol–water partition coefficient (Wildman–Crippen LogP) is 1.12. The third-order valence-corrected chi connectivity index (χ3v) is 1.73. The zero-order chi connectivity index (χ0) is 5.98. The minimum atomic E-state index is 0. The van der Waals surface area contributed by atoms with Crippen LogP contribution < -0.4 is 0 Å². The molecular weight excluding hydrogens is 187 g/mol. The van der Waals surface area contributed by atoms with Crippen molar-refractivity contribution in [2.24, 2.45) is 0 Å². The number of likely N-dealkylation sites (tertiary alicyclic amines) is 1. The van der Waals surface area contributed by atoms with E-state index in [0.29, 0.717) is 0 Å². The van der Waals surface area contributed by atoms with E-state index >= 15 is 0 Å². The Bertz CT molecular complexity index is 75.3. The molecule has 1 unspecified atom stereocenters. The second kappa shape index (κ2) is 4.81. The van der Waals surface area contributed by atoms with Gasteiger partial charge in [0.2, 0.25) is 0 Å². The molecule has 0 N–H and O–H groups in total. The van der Waals surface area contributed by atoms with E-state index < -0.39 is 0 Å². The summed E-state index contributed by atoms with van der Waals surface area (Å²) < 4.78 is 0. The molecule has 0 aromatic heterocycles. The Morgan fingerprint density at radius 1 is 1.78 bits per heavy atom. The van der Waals surface area contributed by atoms with Crippen molar-refractivity contribution in [3.8, 4) is 0 Å². The van der Waals surface area contributed by atoms with Crippen LogP contribution in [0.3, 0.4) is 0 Å². The molecule has 1 heterocycles. The summed E-state index contributed by atoms with van der Waals surface area (Å²) in [5.41, 5.74) is 0. The van der Waals surface area contributed by atoms with Crippen LogP contribution in [0.4, 0.5) is 0 Å². The Hall–Kier alpha value is 1.06. The zero-order valence-corrected chi connectivity index (χ0v) is 8.85. The van der Waals surface area contributed by atoms with Gasteiger partial charge >= 0.3 is 0 Å².